The van der Waals surface area contributed by atoms with E-state index in [9.17, 15) is 0 Å². The summed E-state index contributed by atoms with van der Waals surface area (Å²) in [5, 5.41) is 0. The van der Waals surface area contributed by atoms with Gasteiger partial charge in [0.25, 0.3) is 0 Å². The van der Waals surface area contributed by atoms with Crippen LogP contribution in [0.1, 0.15) is 37.9 Å². The van der Waals surface area contributed by atoms with Crippen molar-refractivity contribution in [1.29, 1.82) is 0 Å². The molecule has 1 aromatic carbocycles. The zero-order chi connectivity index (χ0) is 12.4. The number of aromatic nitrogens is 2. The number of ether oxygens (including phenoxy) is 1. The quantitative estimate of drug-likeness (QED) is 0.894. The Kier molecular flexibility index (Phi) is 3.22. The third-order valence-electron chi connectivity index (χ3n) is 3.94. The van der Waals surface area contributed by atoms with Crippen LogP contribution in [0.2, 0.25) is 0 Å². The molecule has 3 heteroatoms. The fraction of sp³-hybridized carbons (Fsp3) is 0.533. The lowest BCUT2D eigenvalue weighted by molar-refractivity contribution is 0.352. The maximum atomic E-state index is 5.23. The van der Waals surface area contributed by atoms with Gasteiger partial charge in [-0.1, -0.05) is 32.1 Å². The molecular formula is C15H20N2O. The van der Waals surface area contributed by atoms with Crippen LogP contribution in [0.5, 0.6) is 5.75 Å². The molecule has 0 atom stereocenters. The van der Waals surface area contributed by atoms with Crippen LogP contribution >= 0.6 is 0 Å². The van der Waals surface area contributed by atoms with Crippen molar-refractivity contribution in [2.75, 3.05) is 7.11 Å². The first-order chi connectivity index (χ1) is 8.85. The van der Waals surface area contributed by atoms with Crippen molar-refractivity contribution in [3.8, 4) is 5.75 Å². The summed E-state index contributed by atoms with van der Waals surface area (Å²) in [6.07, 6.45) is 8.00. The number of fused-ring (bicyclic) bond motifs is 1. The highest BCUT2D eigenvalue weighted by molar-refractivity contribution is 5.76. The highest BCUT2D eigenvalue weighted by Crippen LogP contribution is 2.27. The predicted octanol–water partition coefficient (Wildman–Crippen LogP) is 3.69. The minimum absolute atomic E-state index is 0.821. The van der Waals surface area contributed by atoms with E-state index in [0.717, 1.165) is 34.9 Å². The Morgan fingerprint density at radius 3 is 2.89 bits per heavy atom. The van der Waals surface area contributed by atoms with Crippen molar-refractivity contribution >= 4 is 11.0 Å². The number of H-pyrrole nitrogens is 1. The normalized spacial score (nSPS) is 17.2. The molecule has 0 unspecified atom stereocenters. The first-order valence-corrected chi connectivity index (χ1v) is 6.88. The molecule has 1 N–H and O–H groups in total. The summed E-state index contributed by atoms with van der Waals surface area (Å²) in [5.41, 5.74) is 2.13. The van der Waals surface area contributed by atoms with Crippen LogP contribution in [0.3, 0.4) is 0 Å². The molecular weight excluding hydrogens is 224 g/mol. The van der Waals surface area contributed by atoms with Crippen LogP contribution in [-0.4, -0.2) is 17.1 Å². The number of imidazole rings is 1. The van der Waals surface area contributed by atoms with Gasteiger partial charge in [0.2, 0.25) is 0 Å². The molecule has 0 amide bonds. The Morgan fingerprint density at radius 1 is 1.28 bits per heavy atom. The van der Waals surface area contributed by atoms with Crippen molar-refractivity contribution in [2.45, 2.75) is 38.5 Å². The summed E-state index contributed by atoms with van der Waals surface area (Å²) in [5.74, 6) is 2.83. The number of nitrogens with one attached hydrogen (secondary N) is 1. The van der Waals surface area contributed by atoms with Gasteiger partial charge in [0.15, 0.2) is 0 Å². The van der Waals surface area contributed by atoms with Gasteiger partial charge in [-0.2, -0.15) is 0 Å². The second-order valence-electron chi connectivity index (χ2n) is 5.27. The largest absolute Gasteiger partial charge is 0.497 e. The molecule has 1 saturated carbocycles. The fourth-order valence-corrected chi connectivity index (χ4v) is 2.93. The zero-order valence-corrected chi connectivity index (χ0v) is 10.9. The van der Waals surface area contributed by atoms with E-state index in [4.69, 9.17) is 4.74 Å². The van der Waals surface area contributed by atoms with Gasteiger partial charge < -0.3 is 9.72 Å². The van der Waals surface area contributed by atoms with Crippen LogP contribution in [0.15, 0.2) is 18.2 Å². The van der Waals surface area contributed by atoms with Crippen LogP contribution in [-0.2, 0) is 6.42 Å². The lowest BCUT2D eigenvalue weighted by Gasteiger charge is -2.20. The van der Waals surface area contributed by atoms with Gasteiger partial charge in [-0.05, 0) is 18.1 Å². The molecule has 3 nitrogen and oxygen atoms in total. The van der Waals surface area contributed by atoms with Crippen molar-refractivity contribution in [1.82, 2.24) is 9.97 Å². The van der Waals surface area contributed by atoms with Gasteiger partial charge in [0, 0.05) is 12.5 Å². The third kappa shape index (κ3) is 2.35. The van der Waals surface area contributed by atoms with E-state index >= 15 is 0 Å². The van der Waals surface area contributed by atoms with Gasteiger partial charge >= 0.3 is 0 Å². The number of rotatable bonds is 3. The van der Waals surface area contributed by atoms with E-state index in [0.29, 0.717) is 0 Å². The number of hydrogen-bond acceptors (Lipinski definition) is 2. The highest BCUT2D eigenvalue weighted by Gasteiger charge is 2.15. The molecule has 1 heterocycles. The molecule has 2 aromatic rings. The minimum atomic E-state index is 0.821. The molecule has 0 radical (unpaired) electrons. The van der Waals surface area contributed by atoms with Gasteiger partial charge in [-0.15, -0.1) is 0 Å². The molecule has 0 spiro atoms. The fourth-order valence-electron chi connectivity index (χ4n) is 2.93. The zero-order valence-electron chi connectivity index (χ0n) is 10.9. The summed E-state index contributed by atoms with van der Waals surface area (Å²) in [6, 6.07) is 6.01. The SMILES string of the molecule is COc1ccc2nc(CC3CCCCC3)[nH]c2c1. The molecule has 1 aliphatic rings. The molecule has 18 heavy (non-hydrogen) atoms. The van der Waals surface area contributed by atoms with Gasteiger partial charge in [0.1, 0.15) is 11.6 Å². The van der Waals surface area contributed by atoms with E-state index in [1.54, 1.807) is 7.11 Å². The Labute approximate surface area is 108 Å². The first kappa shape index (κ1) is 11.6. The third-order valence-corrected chi connectivity index (χ3v) is 3.94. The average Bonchev–Trinajstić information content (AvgIpc) is 2.80. The van der Waals surface area contributed by atoms with E-state index in [1.165, 1.54) is 32.1 Å². The number of aromatic amines is 1. The molecule has 1 fully saturated rings. The standard InChI is InChI=1S/C15H20N2O/c1-18-12-7-8-13-14(10-12)17-15(16-13)9-11-5-3-2-4-6-11/h7-8,10-11H,2-6,9H2,1H3,(H,16,17). The van der Waals surface area contributed by atoms with Gasteiger partial charge in [-0.3, -0.25) is 0 Å². The van der Waals surface area contributed by atoms with Gasteiger partial charge in [0.05, 0.1) is 18.1 Å². The second-order valence-corrected chi connectivity index (χ2v) is 5.27. The van der Waals surface area contributed by atoms with E-state index < -0.39 is 0 Å². The maximum absolute atomic E-state index is 5.23. The van der Waals surface area contributed by atoms with Crippen molar-refractivity contribution in [3.05, 3.63) is 24.0 Å². The van der Waals surface area contributed by atoms with Crippen LogP contribution in [0, 0.1) is 5.92 Å². The average molecular weight is 244 g/mol. The first-order valence-electron chi connectivity index (χ1n) is 6.88. The maximum Gasteiger partial charge on any atom is 0.121 e. The van der Waals surface area contributed by atoms with Crippen LogP contribution in [0.25, 0.3) is 11.0 Å². The second kappa shape index (κ2) is 5.01. The summed E-state index contributed by atoms with van der Waals surface area (Å²) in [4.78, 5) is 8.10. The molecule has 0 bridgehead atoms. The van der Waals surface area contributed by atoms with Gasteiger partial charge in [-0.25, -0.2) is 4.98 Å². The molecule has 1 aliphatic carbocycles. The number of hydrogen-bond donors (Lipinski definition) is 1. The smallest absolute Gasteiger partial charge is 0.121 e. The van der Waals surface area contributed by atoms with Crippen molar-refractivity contribution in [3.63, 3.8) is 0 Å². The molecule has 96 valence electrons. The highest BCUT2D eigenvalue weighted by atomic mass is 16.5. The number of methoxy groups -OCH3 is 1. The lowest BCUT2D eigenvalue weighted by Crippen LogP contribution is -2.10. The summed E-state index contributed by atoms with van der Waals surface area (Å²) < 4.78 is 5.23. The summed E-state index contributed by atoms with van der Waals surface area (Å²) in [7, 11) is 1.69. The number of nitrogens with zero attached hydrogens (tertiary/aromatic N) is 1. The van der Waals surface area contributed by atoms with Crippen LogP contribution in [0.4, 0.5) is 0 Å². The Balaban J connectivity index is 1.79. The van der Waals surface area contributed by atoms with E-state index in [1.807, 2.05) is 18.2 Å². The Bertz CT molecular complexity index is 526. The lowest BCUT2D eigenvalue weighted by atomic mass is 9.87. The Morgan fingerprint density at radius 2 is 2.11 bits per heavy atom. The minimum Gasteiger partial charge on any atom is -0.497 e. The summed E-state index contributed by atoms with van der Waals surface area (Å²) in [6.45, 7) is 0. The molecule has 0 aliphatic heterocycles. The number of benzene rings is 1. The van der Waals surface area contributed by atoms with Crippen molar-refractivity contribution < 1.29 is 4.74 Å². The van der Waals surface area contributed by atoms with E-state index in [2.05, 4.69) is 9.97 Å². The monoisotopic (exact) mass is 244 g/mol. The predicted molar refractivity (Wildman–Crippen MR) is 72.9 cm³/mol. The summed E-state index contributed by atoms with van der Waals surface area (Å²) >= 11 is 0. The van der Waals surface area contributed by atoms with Crippen LogP contribution < -0.4 is 4.74 Å². The molecule has 0 saturated heterocycles. The van der Waals surface area contributed by atoms with Crippen molar-refractivity contribution in [2.24, 2.45) is 5.92 Å². The molecule has 3 rings (SSSR count). The Hall–Kier alpha value is -1.51. The molecule has 1 aromatic heterocycles. The van der Waals surface area contributed by atoms with E-state index in [-0.39, 0.29) is 0 Å². The topological polar surface area (TPSA) is 37.9 Å².